The van der Waals surface area contributed by atoms with Crippen LogP contribution in [0.2, 0.25) is 10.0 Å². The average molecular weight is 554 g/mol. The number of halogens is 2. The van der Waals surface area contributed by atoms with Crippen LogP contribution >= 0.6 is 23.2 Å². The minimum absolute atomic E-state index is 0.0154. The summed E-state index contributed by atoms with van der Waals surface area (Å²) in [6.45, 7) is 0.0154. The second-order valence-corrected chi connectivity index (χ2v) is 9.92. The van der Waals surface area contributed by atoms with Gasteiger partial charge in [-0.25, -0.2) is 0 Å². The minimum Gasteiger partial charge on any atom is -0.426 e. The number of nitrogens with zero attached hydrogens (tertiary/aromatic N) is 1. The summed E-state index contributed by atoms with van der Waals surface area (Å²) in [5.74, 6) is -1.97. The van der Waals surface area contributed by atoms with Gasteiger partial charge in [0.1, 0.15) is 0 Å². The van der Waals surface area contributed by atoms with E-state index in [1.54, 1.807) is 6.07 Å². The van der Waals surface area contributed by atoms with Crippen molar-refractivity contribution in [3.63, 3.8) is 0 Å². The standard InChI is InChI=1S/C27H26BCl2N3O5/c29-20-11-12-23(30)22(14-20)25(34)31-17-21-16-27(38-33-21,15-19-9-5-2-6-10-19)26(35)32-24(28(36)37)13-18-7-3-1-4-8-18/h1-12,14,24,36-37H,13,15-17H2,(H,31,34)(H,32,35)/t24-,27?/m0/s1. The number of oxime groups is 1. The van der Waals surface area contributed by atoms with E-state index in [9.17, 15) is 19.6 Å². The highest BCUT2D eigenvalue weighted by atomic mass is 35.5. The highest BCUT2D eigenvalue weighted by molar-refractivity contribution is 6.43. The third-order valence-electron chi connectivity index (χ3n) is 6.19. The van der Waals surface area contributed by atoms with Crippen LogP contribution in [0.1, 0.15) is 27.9 Å². The van der Waals surface area contributed by atoms with E-state index >= 15 is 0 Å². The van der Waals surface area contributed by atoms with Crippen LogP contribution in [0.4, 0.5) is 0 Å². The van der Waals surface area contributed by atoms with Crippen LogP contribution in [0.25, 0.3) is 0 Å². The van der Waals surface area contributed by atoms with Crippen molar-refractivity contribution >= 4 is 47.8 Å². The maximum absolute atomic E-state index is 13.6. The monoisotopic (exact) mass is 553 g/mol. The van der Waals surface area contributed by atoms with Crippen LogP contribution in [0.3, 0.4) is 0 Å². The molecule has 4 rings (SSSR count). The Hall–Kier alpha value is -3.37. The predicted octanol–water partition coefficient (Wildman–Crippen LogP) is 3.22. The van der Waals surface area contributed by atoms with E-state index in [1.165, 1.54) is 12.1 Å². The van der Waals surface area contributed by atoms with Crippen LogP contribution in [-0.2, 0) is 22.5 Å². The largest absolute Gasteiger partial charge is 0.475 e. The Morgan fingerprint density at radius 2 is 1.66 bits per heavy atom. The van der Waals surface area contributed by atoms with Gasteiger partial charge in [0, 0.05) is 17.9 Å². The molecule has 0 radical (unpaired) electrons. The first-order chi connectivity index (χ1) is 18.3. The van der Waals surface area contributed by atoms with Gasteiger partial charge < -0.3 is 25.5 Å². The first-order valence-corrected chi connectivity index (χ1v) is 12.7. The Balaban J connectivity index is 1.48. The molecule has 11 heteroatoms. The summed E-state index contributed by atoms with van der Waals surface area (Å²) >= 11 is 12.1. The Kier molecular flexibility index (Phi) is 9.07. The van der Waals surface area contributed by atoms with Gasteiger partial charge in [-0.05, 0) is 35.7 Å². The first-order valence-electron chi connectivity index (χ1n) is 12.0. The lowest BCUT2D eigenvalue weighted by molar-refractivity contribution is -0.144. The third kappa shape index (κ3) is 6.93. The summed E-state index contributed by atoms with van der Waals surface area (Å²) in [6, 6.07) is 23.1. The van der Waals surface area contributed by atoms with Crippen molar-refractivity contribution in [2.45, 2.75) is 30.8 Å². The highest BCUT2D eigenvalue weighted by Crippen LogP contribution is 2.29. The Bertz CT molecular complexity index is 1310. The van der Waals surface area contributed by atoms with Gasteiger partial charge in [0.2, 0.25) is 5.60 Å². The van der Waals surface area contributed by atoms with Crippen LogP contribution < -0.4 is 10.6 Å². The third-order valence-corrected chi connectivity index (χ3v) is 6.75. The number of rotatable bonds is 10. The normalized spacial score (nSPS) is 17.2. The van der Waals surface area contributed by atoms with Crippen molar-refractivity contribution in [2.24, 2.45) is 5.16 Å². The molecular formula is C27H26BCl2N3O5. The molecule has 3 aromatic carbocycles. The number of carbonyl (C=O) groups is 2. The summed E-state index contributed by atoms with van der Waals surface area (Å²) in [5, 5.41) is 30.2. The summed E-state index contributed by atoms with van der Waals surface area (Å²) in [6.07, 6.45) is 0.465. The molecule has 0 spiro atoms. The van der Waals surface area contributed by atoms with Gasteiger partial charge in [-0.2, -0.15) is 0 Å². The predicted molar refractivity (Wildman–Crippen MR) is 147 cm³/mol. The average Bonchev–Trinajstić information content (AvgIpc) is 3.33. The molecule has 1 unspecified atom stereocenters. The molecule has 1 heterocycles. The summed E-state index contributed by atoms with van der Waals surface area (Å²) < 4.78 is 0. The van der Waals surface area contributed by atoms with Gasteiger partial charge in [-0.1, -0.05) is 89.0 Å². The molecular weight excluding hydrogens is 528 g/mol. The second-order valence-electron chi connectivity index (χ2n) is 9.07. The van der Waals surface area contributed by atoms with Crippen LogP contribution in [0.15, 0.2) is 84.0 Å². The molecule has 0 saturated carbocycles. The molecule has 2 atom stereocenters. The van der Waals surface area contributed by atoms with E-state index in [4.69, 9.17) is 28.0 Å². The fourth-order valence-corrected chi connectivity index (χ4v) is 4.59. The molecule has 38 heavy (non-hydrogen) atoms. The van der Waals surface area contributed by atoms with E-state index in [-0.39, 0.29) is 36.4 Å². The van der Waals surface area contributed by atoms with E-state index in [0.29, 0.717) is 10.7 Å². The van der Waals surface area contributed by atoms with Crippen LogP contribution in [0, 0.1) is 0 Å². The number of hydrogen-bond acceptors (Lipinski definition) is 6. The number of amides is 2. The summed E-state index contributed by atoms with van der Waals surface area (Å²) in [4.78, 5) is 32.0. The van der Waals surface area contributed by atoms with Gasteiger partial charge in [0.15, 0.2) is 0 Å². The van der Waals surface area contributed by atoms with Gasteiger partial charge in [0.25, 0.3) is 11.8 Å². The summed E-state index contributed by atoms with van der Waals surface area (Å²) in [7, 11) is -1.79. The van der Waals surface area contributed by atoms with Crippen molar-refractivity contribution < 1.29 is 24.5 Å². The van der Waals surface area contributed by atoms with Gasteiger partial charge in [-0.3, -0.25) is 9.59 Å². The zero-order valence-electron chi connectivity index (χ0n) is 20.3. The molecule has 2 amide bonds. The zero-order valence-corrected chi connectivity index (χ0v) is 21.8. The Morgan fingerprint density at radius 1 is 1.00 bits per heavy atom. The van der Waals surface area contributed by atoms with Gasteiger partial charge >= 0.3 is 7.12 Å². The molecule has 1 aliphatic rings. The van der Waals surface area contributed by atoms with E-state index in [2.05, 4.69) is 15.8 Å². The van der Waals surface area contributed by atoms with E-state index in [0.717, 1.165) is 11.1 Å². The van der Waals surface area contributed by atoms with Gasteiger partial charge in [-0.15, -0.1) is 0 Å². The van der Waals surface area contributed by atoms with Crippen molar-refractivity contribution in [1.82, 2.24) is 10.6 Å². The Labute approximate surface area is 230 Å². The smallest absolute Gasteiger partial charge is 0.426 e. The molecule has 0 aromatic heterocycles. The molecule has 196 valence electrons. The summed E-state index contributed by atoms with van der Waals surface area (Å²) in [5.41, 5.74) is 0.867. The maximum atomic E-state index is 13.6. The topological polar surface area (TPSA) is 120 Å². The molecule has 3 aromatic rings. The molecule has 0 fully saturated rings. The first kappa shape index (κ1) is 27.7. The number of carbonyl (C=O) groups excluding carboxylic acids is 2. The lowest BCUT2D eigenvalue weighted by Gasteiger charge is -2.28. The number of hydrogen-bond donors (Lipinski definition) is 4. The van der Waals surface area contributed by atoms with E-state index in [1.807, 2.05) is 60.7 Å². The lowest BCUT2D eigenvalue weighted by atomic mass is 9.75. The second kappa shape index (κ2) is 12.5. The highest BCUT2D eigenvalue weighted by Gasteiger charge is 2.48. The number of benzene rings is 3. The lowest BCUT2D eigenvalue weighted by Crippen LogP contribution is -2.56. The molecule has 1 aliphatic heterocycles. The Morgan fingerprint density at radius 3 is 2.32 bits per heavy atom. The maximum Gasteiger partial charge on any atom is 0.475 e. The molecule has 0 aliphatic carbocycles. The SMILES string of the molecule is O=C(NCC1=NOC(Cc2ccccc2)(C(=O)N[C@@H](Cc2ccccc2)B(O)O)C1)c1cc(Cl)ccc1Cl. The van der Waals surface area contributed by atoms with E-state index < -0.39 is 30.5 Å². The molecule has 0 bridgehead atoms. The molecule has 8 nitrogen and oxygen atoms in total. The van der Waals surface area contributed by atoms with Crippen molar-refractivity contribution in [2.75, 3.05) is 6.54 Å². The van der Waals surface area contributed by atoms with Gasteiger partial charge in [0.05, 0.1) is 28.8 Å². The fourth-order valence-electron chi connectivity index (χ4n) is 4.21. The van der Waals surface area contributed by atoms with Crippen molar-refractivity contribution in [1.29, 1.82) is 0 Å². The number of nitrogens with one attached hydrogen (secondary N) is 2. The van der Waals surface area contributed by atoms with Crippen LogP contribution in [0.5, 0.6) is 0 Å². The molecule has 4 N–H and O–H groups in total. The minimum atomic E-state index is -1.79. The van der Waals surface area contributed by atoms with Crippen LogP contribution in [-0.4, -0.2) is 52.8 Å². The zero-order chi connectivity index (χ0) is 27.1. The fraction of sp³-hybridized carbons (Fsp3) is 0.222. The quantitative estimate of drug-likeness (QED) is 0.287. The van der Waals surface area contributed by atoms with Crippen molar-refractivity contribution in [3.8, 4) is 0 Å². The van der Waals surface area contributed by atoms with Crippen molar-refractivity contribution in [3.05, 3.63) is 106 Å². The molecule has 0 saturated heterocycles.